The second-order valence-corrected chi connectivity index (χ2v) is 9.09. The SMILES string of the molecule is O=C(C[C@@H]1C[C@H]2CC[C@H]1C2)N1CCc2sccc2[C@@H]1c1ccccc1. The fraction of sp³-hybridized carbons (Fsp3) is 0.500. The van der Waals surface area contributed by atoms with E-state index in [1.807, 2.05) is 11.3 Å². The molecule has 2 saturated carbocycles. The van der Waals surface area contributed by atoms with Crippen molar-refractivity contribution in [1.29, 1.82) is 0 Å². The van der Waals surface area contributed by atoms with Crippen LogP contribution < -0.4 is 0 Å². The number of hydrogen-bond acceptors (Lipinski definition) is 2. The molecule has 1 aromatic carbocycles. The topological polar surface area (TPSA) is 20.3 Å². The van der Waals surface area contributed by atoms with Crippen LogP contribution in [0.1, 0.15) is 54.1 Å². The van der Waals surface area contributed by atoms with Crippen molar-refractivity contribution in [2.24, 2.45) is 17.8 Å². The van der Waals surface area contributed by atoms with E-state index in [4.69, 9.17) is 0 Å². The normalized spacial score (nSPS) is 30.5. The van der Waals surface area contributed by atoms with Crippen LogP contribution in [0.15, 0.2) is 41.8 Å². The van der Waals surface area contributed by atoms with Crippen molar-refractivity contribution in [3.8, 4) is 0 Å². The summed E-state index contributed by atoms with van der Waals surface area (Å²) >= 11 is 1.84. The molecule has 2 aliphatic carbocycles. The molecule has 1 aromatic heterocycles. The third-order valence-corrected chi connectivity index (χ3v) is 7.72. The van der Waals surface area contributed by atoms with E-state index in [0.29, 0.717) is 11.8 Å². The molecule has 2 nitrogen and oxygen atoms in total. The van der Waals surface area contributed by atoms with Gasteiger partial charge < -0.3 is 4.90 Å². The first-order valence-electron chi connectivity index (χ1n) is 9.70. The number of fused-ring (bicyclic) bond motifs is 3. The third kappa shape index (κ3) is 2.73. The van der Waals surface area contributed by atoms with Crippen LogP contribution in [-0.4, -0.2) is 17.4 Å². The number of thiophene rings is 1. The van der Waals surface area contributed by atoms with Crippen LogP contribution in [0, 0.1) is 17.8 Å². The smallest absolute Gasteiger partial charge is 0.223 e. The van der Waals surface area contributed by atoms with Gasteiger partial charge in [-0.15, -0.1) is 11.3 Å². The van der Waals surface area contributed by atoms with Gasteiger partial charge in [-0.3, -0.25) is 4.79 Å². The van der Waals surface area contributed by atoms with Crippen LogP contribution in [0.2, 0.25) is 0 Å². The minimum atomic E-state index is 0.113. The molecule has 0 unspecified atom stereocenters. The molecule has 0 N–H and O–H groups in total. The van der Waals surface area contributed by atoms with Crippen molar-refractivity contribution in [2.75, 3.05) is 6.54 Å². The molecule has 0 radical (unpaired) electrons. The van der Waals surface area contributed by atoms with Crippen LogP contribution >= 0.6 is 11.3 Å². The summed E-state index contributed by atoms with van der Waals surface area (Å²) in [6.07, 6.45) is 7.23. The quantitative estimate of drug-likeness (QED) is 0.758. The zero-order valence-electron chi connectivity index (χ0n) is 14.6. The highest BCUT2D eigenvalue weighted by molar-refractivity contribution is 7.10. The summed E-state index contributed by atoms with van der Waals surface area (Å²) in [7, 11) is 0. The molecule has 130 valence electrons. The van der Waals surface area contributed by atoms with Gasteiger partial charge in [0.15, 0.2) is 0 Å². The highest BCUT2D eigenvalue weighted by Crippen LogP contribution is 2.50. The van der Waals surface area contributed by atoms with Crippen molar-refractivity contribution >= 4 is 17.2 Å². The molecular weight excluding hydrogens is 326 g/mol. The van der Waals surface area contributed by atoms with Crippen LogP contribution in [0.4, 0.5) is 0 Å². The number of amides is 1. The minimum absolute atomic E-state index is 0.113. The number of rotatable bonds is 3. The molecule has 2 bridgehead atoms. The Morgan fingerprint density at radius 3 is 2.76 bits per heavy atom. The van der Waals surface area contributed by atoms with Crippen molar-refractivity contribution in [2.45, 2.75) is 44.6 Å². The summed E-state index contributed by atoms with van der Waals surface area (Å²) in [6, 6.07) is 12.9. The van der Waals surface area contributed by atoms with Gasteiger partial charge in [-0.2, -0.15) is 0 Å². The largest absolute Gasteiger partial charge is 0.331 e. The van der Waals surface area contributed by atoms with Crippen LogP contribution in [0.3, 0.4) is 0 Å². The van der Waals surface area contributed by atoms with Gasteiger partial charge in [-0.05, 0) is 66.0 Å². The van der Waals surface area contributed by atoms with E-state index in [0.717, 1.165) is 31.2 Å². The second-order valence-electron chi connectivity index (χ2n) is 8.09. The molecule has 25 heavy (non-hydrogen) atoms. The Labute approximate surface area is 153 Å². The predicted molar refractivity (Wildman–Crippen MR) is 102 cm³/mol. The maximum Gasteiger partial charge on any atom is 0.223 e. The molecule has 2 heterocycles. The van der Waals surface area contributed by atoms with E-state index in [1.54, 1.807) is 0 Å². The summed E-state index contributed by atoms with van der Waals surface area (Å²) in [5.74, 6) is 2.76. The molecular formula is C22H25NOS. The molecule has 3 heteroatoms. The van der Waals surface area contributed by atoms with Crippen LogP contribution in [-0.2, 0) is 11.2 Å². The first kappa shape index (κ1) is 15.6. The first-order chi connectivity index (χ1) is 12.3. The third-order valence-electron chi connectivity index (χ3n) is 6.72. The lowest BCUT2D eigenvalue weighted by molar-refractivity contribution is -0.134. The van der Waals surface area contributed by atoms with Crippen molar-refractivity contribution < 1.29 is 4.79 Å². The lowest BCUT2D eigenvalue weighted by Crippen LogP contribution is -2.41. The Morgan fingerprint density at radius 1 is 1.12 bits per heavy atom. The van der Waals surface area contributed by atoms with E-state index >= 15 is 0 Å². The maximum absolute atomic E-state index is 13.3. The molecule has 2 aromatic rings. The van der Waals surface area contributed by atoms with E-state index in [9.17, 15) is 4.79 Å². The predicted octanol–water partition coefficient (Wildman–Crippen LogP) is 5.05. The van der Waals surface area contributed by atoms with Gasteiger partial charge in [0.25, 0.3) is 0 Å². The zero-order chi connectivity index (χ0) is 16.8. The maximum atomic E-state index is 13.3. The Hall–Kier alpha value is -1.61. The lowest BCUT2D eigenvalue weighted by Gasteiger charge is -2.37. The monoisotopic (exact) mass is 351 g/mol. The lowest BCUT2D eigenvalue weighted by atomic mass is 9.85. The zero-order valence-corrected chi connectivity index (χ0v) is 15.4. The van der Waals surface area contributed by atoms with Crippen molar-refractivity contribution in [3.63, 3.8) is 0 Å². The fourth-order valence-corrected chi connectivity index (χ4v) is 6.45. The number of hydrogen-bond donors (Lipinski definition) is 0. The summed E-state index contributed by atoms with van der Waals surface area (Å²) in [6.45, 7) is 0.868. The molecule has 1 amide bonds. The van der Waals surface area contributed by atoms with Gasteiger partial charge in [-0.1, -0.05) is 36.8 Å². The average Bonchev–Trinajstić information content (AvgIpc) is 3.37. The molecule has 0 saturated heterocycles. The summed E-state index contributed by atoms with van der Waals surface area (Å²) in [4.78, 5) is 16.9. The number of nitrogens with zero attached hydrogens (tertiary/aromatic N) is 1. The number of benzene rings is 1. The van der Waals surface area contributed by atoms with E-state index < -0.39 is 0 Å². The minimum Gasteiger partial charge on any atom is -0.331 e. The van der Waals surface area contributed by atoms with Crippen molar-refractivity contribution in [3.05, 3.63) is 57.8 Å². The summed E-state index contributed by atoms with van der Waals surface area (Å²) in [5.41, 5.74) is 2.60. The Bertz CT molecular complexity index is 767. The van der Waals surface area contributed by atoms with E-state index in [1.165, 1.54) is 41.7 Å². The first-order valence-corrected chi connectivity index (χ1v) is 10.6. The number of carbonyl (C=O) groups is 1. The highest BCUT2D eigenvalue weighted by Gasteiger charge is 2.42. The molecule has 0 spiro atoms. The summed E-state index contributed by atoms with van der Waals surface area (Å²) in [5, 5.41) is 2.19. The molecule has 4 atom stereocenters. The summed E-state index contributed by atoms with van der Waals surface area (Å²) < 4.78 is 0. The van der Waals surface area contributed by atoms with Gasteiger partial charge in [0.1, 0.15) is 0 Å². The Kier molecular flexibility index (Phi) is 3.93. The second kappa shape index (κ2) is 6.28. The molecule has 2 fully saturated rings. The molecule has 3 aliphatic rings. The Balaban J connectivity index is 1.42. The van der Waals surface area contributed by atoms with Gasteiger partial charge in [-0.25, -0.2) is 0 Å². The fourth-order valence-electron chi connectivity index (χ4n) is 5.55. The Morgan fingerprint density at radius 2 is 2.00 bits per heavy atom. The number of carbonyl (C=O) groups excluding carboxylic acids is 1. The van der Waals surface area contributed by atoms with Gasteiger partial charge in [0, 0.05) is 17.8 Å². The van der Waals surface area contributed by atoms with Crippen LogP contribution in [0.5, 0.6) is 0 Å². The average molecular weight is 352 g/mol. The molecule has 5 rings (SSSR count). The van der Waals surface area contributed by atoms with Gasteiger partial charge in [0.2, 0.25) is 5.91 Å². The highest BCUT2D eigenvalue weighted by atomic mass is 32.1. The van der Waals surface area contributed by atoms with Crippen LogP contribution in [0.25, 0.3) is 0 Å². The molecule has 1 aliphatic heterocycles. The van der Waals surface area contributed by atoms with E-state index in [-0.39, 0.29) is 6.04 Å². The van der Waals surface area contributed by atoms with E-state index in [2.05, 4.69) is 46.7 Å². The van der Waals surface area contributed by atoms with Gasteiger partial charge in [0.05, 0.1) is 6.04 Å². The van der Waals surface area contributed by atoms with Gasteiger partial charge >= 0.3 is 0 Å². The van der Waals surface area contributed by atoms with Crippen molar-refractivity contribution in [1.82, 2.24) is 4.90 Å². The standard InChI is InChI=1S/C22H25NOS/c24-21(14-18-13-15-6-7-17(18)12-15)23-10-8-20-19(9-11-25-20)22(23)16-4-2-1-3-5-16/h1-5,9,11,15,17-18,22H,6-8,10,12-14H2/t15-,17-,18-,22-/m0/s1.